The van der Waals surface area contributed by atoms with Gasteiger partial charge in [0, 0.05) is 0 Å². The van der Waals surface area contributed by atoms with Crippen molar-refractivity contribution in [2.24, 2.45) is 0 Å². The number of rotatable bonds is 3. The molecule has 2 bridgehead atoms. The van der Waals surface area contributed by atoms with E-state index in [1.54, 1.807) is 0 Å². The Bertz CT molecular complexity index is 411. The van der Waals surface area contributed by atoms with E-state index >= 15 is 0 Å². The molecule has 1 radical (unpaired) electrons. The maximum absolute atomic E-state index is 5.95. The molecule has 3 aliphatic heterocycles. The van der Waals surface area contributed by atoms with Gasteiger partial charge in [-0.1, -0.05) is 0 Å². The Morgan fingerprint density at radius 2 is 1.86 bits per heavy atom. The molecular weight excluding hydrogens is 403 g/mol. The molecule has 4 rings (SSSR count). The van der Waals surface area contributed by atoms with Gasteiger partial charge in [0.2, 0.25) is 0 Å². The molecule has 117 valence electrons. The van der Waals surface area contributed by atoms with Crippen LogP contribution in [0.5, 0.6) is 5.75 Å². The van der Waals surface area contributed by atoms with E-state index in [1.165, 1.54) is 0 Å². The summed E-state index contributed by atoms with van der Waals surface area (Å²) >= 11 is 1.16. The Morgan fingerprint density at radius 1 is 1.19 bits per heavy atom. The van der Waals surface area contributed by atoms with Crippen LogP contribution in [0.15, 0.2) is 28.7 Å². The van der Waals surface area contributed by atoms with Crippen LogP contribution >= 0.6 is 15.9 Å². The summed E-state index contributed by atoms with van der Waals surface area (Å²) in [5, 5.41) is 0. The van der Waals surface area contributed by atoms with E-state index in [-0.39, 0.29) is 11.6 Å². The molecule has 1 aromatic rings. The van der Waals surface area contributed by atoms with Crippen molar-refractivity contribution in [3.05, 3.63) is 28.7 Å². The fourth-order valence-electron chi connectivity index (χ4n) is 2.19. The largest absolute Gasteiger partial charge is 0.412 e. The van der Waals surface area contributed by atoms with Crippen molar-refractivity contribution < 1.29 is 21.5 Å². The van der Waals surface area contributed by atoms with Crippen molar-refractivity contribution in [3.63, 3.8) is 0 Å². The number of halogens is 1. The molecular formula is C13H19BrGeNO5. The molecule has 21 heavy (non-hydrogen) atoms. The van der Waals surface area contributed by atoms with Crippen LogP contribution in [0, 0.1) is 0 Å². The molecule has 3 heterocycles. The van der Waals surface area contributed by atoms with Gasteiger partial charge in [-0.15, -0.1) is 0 Å². The minimum Gasteiger partial charge on any atom is -0.412 e. The third-order valence-corrected chi connectivity index (χ3v) is 6.71. The molecule has 1 unspecified atom stereocenters. The number of nitrogens with zero attached hydrogens (tertiary/aromatic N) is 1. The second-order valence-corrected chi connectivity index (χ2v) is 8.42. The van der Waals surface area contributed by atoms with Gasteiger partial charge in [0.1, 0.15) is 0 Å². The number of fused-ring (bicyclic) bond motifs is 6. The van der Waals surface area contributed by atoms with Crippen molar-refractivity contribution in [1.82, 2.24) is 4.90 Å². The summed E-state index contributed by atoms with van der Waals surface area (Å²) in [6, 6.07) is 7.83. The smallest absolute Gasteiger partial charge is 0.412 e. The van der Waals surface area contributed by atoms with Crippen LogP contribution in [0.4, 0.5) is 0 Å². The van der Waals surface area contributed by atoms with E-state index in [2.05, 4.69) is 20.8 Å². The average molecular weight is 422 g/mol. The zero-order valence-corrected chi connectivity index (χ0v) is 15.3. The van der Waals surface area contributed by atoms with Crippen LogP contribution < -0.4 is 4.74 Å². The number of hydrogen-bond acceptors (Lipinski definition) is 5. The summed E-state index contributed by atoms with van der Waals surface area (Å²) in [5.41, 5.74) is 0. The topological polar surface area (TPSA) is 71.7 Å². The van der Waals surface area contributed by atoms with Crippen LogP contribution in [-0.4, -0.2) is 71.3 Å². The minimum atomic E-state index is -2.25. The summed E-state index contributed by atoms with van der Waals surface area (Å²) in [5.74, 6) is 0.853. The Labute approximate surface area is 137 Å². The van der Waals surface area contributed by atoms with E-state index in [0.29, 0.717) is 6.61 Å². The second-order valence-electron chi connectivity index (χ2n) is 4.75. The van der Waals surface area contributed by atoms with Crippen molar-refractivity contribution in [2.75, 3.05) is 39.5 Å². The summed E-state index contributed by atoms with van der Waals surface area (Å²) < 4.78 is 24.1. The first-order chi connectivity index (χ1) is 9.79. The minimum absolute atomic E-state index is 0. The van der Waals surface area contributed by atoms with Gasteiger partial charge in [0.25, 0.3) is 0 Å². The van der Waals surface area contributed by atoms with Gasteiger partial charge in [-0.3, -0.25) is 0 Å². The summed E-state index contributed by atoms with van der Waals surface area (Å²) in [7, 11) is 0. The average Bonchev–Trinajstić information content (AvgIpc) is 2.37. The Balaban J connectivity index is 0.00000161. The summed E-state index contributed by atoms with van der Waals surface area (Å²) in [6.45, 7) is 4.77. The molecule has 6 nitrogen and oxygen atoms in total. The normalized spacial score (nSPS) is 26.3. The van der Waals surface area contributed by atoms with E-state index in [4.69, 9.17) is 16.0 Å². The Hall–Kier alpha value is -0.157. The van der Waals surface area contributed by atoms with Gasteiger partial charge < -0.3 is 5.48 Å². The molecule has 3 saturated heterocycles. The third kappa shape index (κ3) is 5.20. The zero-order chi connectivity index (χ0) is 13.8. The second kappa shape index (κ2) is 8.47. The van der Waals surface area contributed by atoms with Crippen LogP contribution in [0.3, 0.4) is 0 Å². The molecule has 0 spiro atoms. The van der Waals surface area contributed by atoms with Crippen molar-refractivity contribution in [2.45, 2.75) is 6.10 Å². The molecule has 8 heteroatoms. The van der Waals surface area contributed by atoms with Crippen LogP contribution in [0.25, 0.3) is 0 Å². The van der Waals surface area contributed by atoms with Crippen LogP contribution in [-0.2, 0) is 11.3 Å². The van der Waals surface area contributed by atoms with Gasteiger partial charge in [-0.05, 0) is 0 Å². The Kier molecular flexibility index (Phi) is 6.94. The summed E-state index contributed by atoms with van der Waals surface area (Å²) in [6.07, 6.45) is 0.0225. The van der Waals surface area contributed by atoms with Gasteiger partial charge in [-0.2, -0.15) is 0 Å². The first kappa shape index (κ1) is 17.2. The van der Waals surface area contributed by atoms with Crippen molar-refractivity contribution in [3.8, 4) is 5.75 Å². The predicted octanol–water partition coefficient (Wildman–Crippen LogP) is 0.736. The predicted molar refractivity (Wildman–Crippen MR) is 82.2 cm³/mol. The van der Waals surface area contributed by atoms with Crippen molar-refractivity contribution in [1.29, 1.82) is 0 Å². The molecule has 3 fully saturated rings. The first-order valence-corrected chi connectivity index (χ1v) is 10.1. The maximum atomic E-state index is 5.95. The third-order valence-electron chi connectivity index (χ3n) is 3.23. The first-order valence-electron chi connectivity index (χ1n) is 6.69. The molecule has 2 N–H and O–H groups in total. The molecule has 0 amide bonds. The van der Waals surface area contributed by atoms with E-state index in [9.17, 15) is 0 Å². The fourth-order valence-corrected chi connectivity index (χ4v) is 4.87. The number of ether oxygens (including phenoxy) is 1. The van der Waals surface area contributed by atoms with E-state index in [0.717, 1.165) is 43.1 Å². The SMILES string of the molecule is Brc1ccc(OCC2CN3CC[O][Ge]([O]CC3)[O]2)cc1.O. The maximum Gasteiger partial charge on any atom is -0.412 e. The molecule has 0 aliphatic carbocycles. The molecule has 0 aromatic heterocycles. The molecule has 3 aliphatic rings. The quantitative estimate of drug-likeness (QED) is 0.673. The molecule has 1 aromatic carbocycles. The van der Waals surface area contributed by atoms with Gasteiger partial charge in [0.05, 0.1) is 0 Å². The molecule has 1 atom stereocenters. The van der Waals surface area contributed by atoms with Crippen LogP contribution in [0.2, 0.25) is 0 Å². The van der Waals surface area contributed by atoms with Gasteiger partial charge in [-0.25, -0.2) is 0 Å². The van der Waals surface area contributed by atoms with Crippen molar-refractivity contribution >= 4 is 31.3 Å². The fraction of sp³-hybridized carbons (Fsp3) is 0.538. The summed E-state index contributed by atoms with van der Waals surface area (Å²) in [4.78, 5) is 2.31. The van der Waals surface area contributed by atoms with E-state index in [1.807, 2.05) is 24.3 Å². The van der Waals surface area contributed by atoms with Crippen LogP contribution in [0.1, 0.15) is 0 Å². The van der Waals surface area contributed by atoms with Gasteiger partial charge >= 0.3 is 132 Å². The monoisotopic (exact) mass is 422 g/mol. The number of benzene rings is 1. The zero-order valence-electron chi connectivity index (χ0n) is 11.6. The van der Waals surface area contributed by atoms with Gasteiger partial charge in [0.15, 0.2) is 0 Å². The number of hydrogen-bond donors (Lipinski definition) is 0. The standard InChI is InChI=1S/C13H17BrGeNO4.H2O/c14-11-1-3-12(4-2-11)17-10-13-9-16-5-7-18-15(20-13)19-8-6-16;/h1-4,13H,5-10H2;1H2. The molecule has 0 saturated carbocycles. The Morgan fingerprint density at radius 3 is 2.52 bits per heavy atom. The van der Waals surface area contributed by atoms with E-state index < -0.39 is 15.4 Å².